The summed E-state index contributed by atoms with van der Waals surface area (Å²) >= 11 is 5.69. The van der Waals surface area contributed by atoms with Crippen LogP contribution in [0.15, 0.2) is 24.4 Å². The Bertz CT molecular complexity index is 553. The van der Waals surface area contributed by atoms with E-state index < -0.39 is 11.7 Å². The number of rotatable bonds is 0. The minimum atomic E-state index is -4.53. The summed E-state index contributed by atoms with van der Waals surface area (Å²) in [5.74, 6) is -0.328. The highest BCUT2D eigenvalue weighted by atomic mass is 35.5. The van der Waals surface area contributed by atoms with Crippen LogP contribution < -0.4 is 0 Å². The fraction of sp³-hybridized carbons (Fsp3) is 0.100. The van der Waals surface area contributed by atoms with Gasteiger partial charge in [0.2, 0.25) is 0 Å². The zero-order chi connectivity index (χ0) is 11.9. The second-order valence-electron chi connectivity index (χ2n) is 3.15. The fourth-order valence-electron chi connectivity index (χ4n) is 1.45. The Morgan fingerprint density at radius 2 is 1.88 bits per heavy atom. The Morgan fingerprint density at radius 3 is 2.50 bits per heavy atom. The maximum absolute atomic E-state index is 12.7. The van der Waals surface area contributed by atoms with Crippen molar-refractivity contribution >= 4 is 22.5 Å². The Kier molecular flexibility index (Phi) is 2.42. The molecule has 1 aromatic heterocycles. The van der Waals surface area contributed by atoms with Crippen LogP contribution in [0.1, 0.15) is 5.56 Å². The minimum absolute atomic E-state index is 0.0896. The first kappa shape index (κ1) is 11.0. The van der Waals surface area contributed by atoms with Crippen molar-refractivity contribution in [3.63, 3.8) is 0 Å². The molecule has 0 spiro atoms. The first-order chi connectivity index (χ1) is 7.41. The maximum Gasteiger partial charge on any atom is 0.417 e. The van der Waals surface area contributed by atoms with E-state index in [2.05, 4.69) is 4.98 Å². The largest absolute Gasteiger partial charge is 0.506 e. The Morgan fingerprint density at radius 1 is 1.19 bits per heavy atom. The third kappa shape index (κ3) is 1.67. The van der Waals surface area contributed by atoms with Crippen LogP contribution in [0.25, 0.3) is 10.9 Å². The van der Waals surface area contributed by atoms with Gasteiger partial charge in [0, 0.05) is 11.6 Å². The lowest BCUT2D eigenvalue weighted by Gasteiger charge is -2.11. The molecule has 0 radical (unpaired) electrons. The summed E-state index contributed by atoms with van der Waals surface area (Å²) in [5.41, 5.74) is -1.05. The molecule has 0 aliphatic carbocycles. The van der Waals surface area contributed by atoms with Gasteiger partial charge in [-0.25, -0.2) is 0 Å². The SMILES string of the molecule is Oc1ccc(Cl)c2c(C(F)(F)F)ccnc12. The molecule has 0 aliphatic heterocycles. The highest BCUT2D eigenvalue weighted by molar-refractivity contribution is 6.35. The normalized spacial score (nSPS) is 12.0. The number of phenols is 1. The molecule has 0 amide bonds. The van der Waals surface area contributed by atoms with Crippen LogP contribution >= 0.6 is 11.6 Å². The number of halogens is 4. The summed E-state index contributed by atoms with van der Waals surface area (Å²) in [4.78, 5) is 3.68. The molecular formula is C10H5ClF3NO. The predicted molar refractivity (Wildman–Crippen MR) is 53.4 cm³/mol. The number of hydrogen-bond donors (Lipinski definition) is 1. The first-order valence-corrected chi connectivity index (χ1v) is 4.62. The van der Waals surface area contributed by atoms with Crippen LogP contribution in [0.5, 0.6) is 5.75 Å². The molecule has 2 aromatic rings. The van der Waals surface area contributed by atoms with Gasteiger partial charge in [-0.2, -0.15) is 13.2 Å². The van der Waals surface area contributed by atoms with Gasteiger partial charge in [0.05, 0.1) is 10.6 Å². The lowest BCUT2D eigenvalue weighted by atomic mass is 10.1. The summed E-state index contributed by atoms with van der Waals surface area (Å²) in [6.07, 6.45) is -3.54. The lowest BCUT2D eigenvalue weighted by molar-refractivity contribution is -0.136. The van der Waals surface area contributed by atoms with E-state index in [1.54, 1.807) is 0 Å². The van der Waals surface area contributed by atoms with Gasteiger partial charge >= 0.3 is 6.18 Å². The first-order valence-electron chi connectivity index (χ1n) is 4.24. The monoisotopic (exact) mass is 247 g/mol. The average Bonchev–Trinajstić information content (AvgIpc) is 2.22. The van der Waals surface area contributed by atoms with Crippen LogP contribution in [0, 0.1) is 0 Å². The summed E-state index contributed by atoms with van der Waals surface area (Å²) < 4.78 is 38.0. The quantitative estimate of drug-likeness (QED) is 0.771. The van der Waals surface area contributed by atoms with Crippen molar-refractivity contribution in [2.45, 2.75) is 6.18 Å². The molecule has 6 heteroatoms. The molecular weight excluding hydrogens is 243 g/mol. The smallest absolute Gasteiger partial charge is 0.417 e. The van der Waals surface area contributed by atoms with E-state index in [1.807, 2.05) is 0 Å². The molecule has 2 rings (SSSR count). The van der Waals surface area contributed by atoms with Crippen LogP contribution in [0.4, 0.5) is 13.2 Å². The third-order valence-corrected chi connectivity index (χ3v) is 2.44. The molecule has 0 saturated heterocycles. The third-order valence-electron chi connectivity index (χ3n) is 2.13. The Hall–Kier alpha value is -1.49. The molecule has 0 fully saturated rings. The summed E-state index contributed by atoms with van der Waals surface area (Å²) in [5, 5.41) is 9.03. The molecule has 0 aliphatic rings. The topological polar surface area (TPSA) is 33.1 Å². The number of aromatic hydroxyl groups is 1. The van der Waals surface area contributed by atoms with Crippen molar-refractivity contribution in [1.82, 2.24) is 4.98 Å². The number of phenolic OH excluding ortho intramolecular Hbond substituents is 1. The van der Waals surface area contributed by atoms with Crippen molar-refractivity contribution in [2.75, 3.05) is 0 Å². The van der Waals surface area contributed by atoms with Crippen molar-refractivity contribution in [3.8, 4) is 5.75 Å². The zero-order valence-electron chi connectivity index (χ0n) is 7.72. The van der Waals surface area contributed by atoms with E-state index in [9.17, 15) is 18.3 Å². The zero-order valence-corrected chi connectivity index (χ0v) is 8.47. The molecule has 1 N–H and O–H groups in total. The van der Waals surface area contributed by atoms with E-state index in [-0.39, 0.29) is 21.7 Å². The average molecular weight is 248 g/mol. The molecule has 2 nitrogen and oxygen atoms in total. The van der Waals surface area contributed by atoms with Gasteiger partial charge in [-0.05, 0) is 18.2 Å². The highest BCUT2D eigenvalue weighted by Gasteiger charge is 2.33. The van der Waals surface area contributed by atoms with Gasteiger partial charge in [0.15, 0.2) is 0 Å². The summed E-state index contributed by atoms with van der Waals surface area (Å²) in [7, 11) is 0. The van der Waals surface area contributed by atoms with E-state index in [0.29, 0.717) is 0 Å². The molecule has 0 bridgehead atoms. The van der Waals surface area contributed by atoms with Gasteiger partial charge < -0.3 is 5.11 Å². The Labute approximate surface area is 93.3 Å². The van der Waals surface area contributed by atoms with Gasteiger partial charge in [-0.15, -0.1) is 0 Å². The van der Waals surface area contributed by atoms with Gasteiger partial charge in [-0.1, -0.05) is 11.6 Å². The maximum atomic E-state index is 12.7. The lowest BCUT2D eigenvalue weighted by Crippen LogP contribution is -2.06. The summed E-state index contributed by atoms with van der Waals surface area (Å²) in [6.45, 7) is 0. The van der Waals surface area contributed by atoms with Gasteiger partial charge in [0.1, 0.15) is 11.3 Å². The summed E-state index contributed by atoms with van der Waals surface area (Å²) in [6, 6.07) is 3.24. The van der Waals surface area contributed by atoms with E-state index in [4.69, 9.17) is 11.6 Å². The molecule has 1 aromatic carbocycles. The van der Waals surface area contributed by atoms with E-state index in [1.165, 1.54) is 12.1 Å². The van der Waals surface area contributed by atoms with Crippen molar-refractivity contribution < 1.29 is 18.3 Å². The van der Waals surface area contributed by atoms with Crippen molar-refractivity contribution in [1.29, 1.82) is 0 Å². The van der Waals surface area contributed by atoms with Gasteiger partial charge in [-0.3, -0.25) is 4.98 Å². The van der Waals surface area contributed by atoms with Crippen molar-refractivity contribution in [3.05, 3.63) is 35.0 Å². The number of nitrogens with zero attached hydrogens (tertiary/aromatic N) is 1. The number of pyridine rings is 1. The number of fused-ring (bicyclic) bond motifs is 1. The number of benzene rings is 1. The second-order valence-corrected chi connectivity index (χ2v) is 3.55. The van der Waals surface area contributed by atoms with Crippen LogP contribution in [0.2, 0.25) is 5.02 Å². The second kappa shape index (κ2) is 3.52. The molecule has 16 heavy (non-hydrogen) atoms. The van der Waals surface area contributed by atoms with Crippen molar-refractivity contribution in [2.24, 2.45) is 0 Å². The molecule has 1 heterocycles. The van der Waals surface area contributed by atoms with Crippen LogP contribution in [-0.4, -0.2) is 10.1 Å². The molecule has 84 valence electrons. The number of alkyl halides is 3. The van der Waals surface area contributed by atoms with E-state index >= 15 is 0 Å². The number of aromatic nitrogens is 1. The van der Waals surface area contributed by atoms with Gasteiger partial charge in [0.25, 0.3) is 0 Å². The highest BCUT2D eigenvalue weighted by Crippen LogP contribution is 2.39. The number of hydrogen-bond acceptors (Lipinski definition) is 2. The standard InChI is InChI=1S/C10H5ClF3NO/c11-6-1-2-7(16)9-8(6)5(3-4-15-9)10(12,13)14/h1-4,16H. The molecule has 0 atom stereocenters. The molecule has 0 unspecified atom stereocenters. The van der Waals surface area contributed by atoms with E-state index in [0.717, 1.165) is 12.3 Å². The predicted octanol–water partition coefficient (Wildman–Crippen LogP) is 3.61. The molecule has 0 saturated carbocycles. The van der Waals surface area contributed by atoms with Crippen LogP contribution in [0.3, 0.4) is 0 Å². The van der Waals surface area contributed by atoms with Crippen LogP contribution in [-0.2, 0) is 6.18 Å². The fourth-order valence-corrected chi connectivity index (χ4v) is 1.70. The minimum Gasteiger partial charge on any atom is -0.506 e. The Balaban J connectivity index is 2.92.